The highest BCUT2D eigenvalue weighted by atomic mass is 16.5. The number of hydrogen-bond acceptors (Lipinski definition) is 6. The highest BCUT2D eigenvalue weighted by Gasteiger charge is 2.27. The van der Waals surface area contributed by atoms with Crippen LogP contribution < -0.4 is 0 Å². The molecule has 1 aliphatic rings. The van der Waals surface area contributed by atoms with Gasteiger partial charge in [0.1, 0.15) is 5.76 Å². The number of carbonyl (C=O) groups is 2. The van der Waals surface area contributed by atoms with E-state index in [1.807, 2.05) is 6.92 Å². The third kappa shape index (κ3) is 3.58. The van der Waals surface area contributed by atoms with Crippen molar-refractivity contribution < 1.29 is 14.1 Å². The molecule has 8 heteroatoms. The highest BCUT2D eigenvalue weighted by Crippen LogP contribution is 2.18. The molecule has 138 valence electrons. The van der Waals surface area contributed by atoms with E-state index in [4.69, 9.17) is 4.52 Å². The maximum absolute atomic E-state index is 12.9. The molecule has 0 bridgehead atoms. The first-order valence-corrected chi connectivity index (χ1v) is 8.76. The maximum atomic E-state index is 12.9. The van der Waals surface area contributed by atoms with E-state index in [0.29, 0.717) is 25.4 Å². The molecule has 0 aromatic carbocycles. The van der Waals surface area contributed by atoms with Gasteiger partial charge in [-0.2, -0.15) is 0 Å². The average molecular weight is 357 g/mol. The zero-order valence-electron chi connectivity index (χ0n) is 15.4. The average Bonchev–Trinajstić information content (AvgIpc) is 2.99. The Balaban J connectivity index is 1.82. The van der Waals surface area contributed by atoms with Gasteiger partial charge in [0.05, 0.1) is 12.2 Å². The molecule has 26 heavy (non-hydrogen) atoms. The molecule has 0 spiro atoms. The fraction of sp³-hybridized carbons (Fsp3) is 0.500. The standard InChI is InChI=1S/C18H23N5O3/c1-12-14(13(2)26-21-12)11-22(3)17(24)15-16(20-8-7-19-15)18(25)23-9-5-4-6-10-23/h7-8H,4-6,9-11H2,1-3H3. The van der Waals surface area contributed by atoms with Gasteiger partial charge in [-0.25, -0.2) is 9.97 Å². The Morgan fingerprint density at radius 2 is 1.77 bits per heavy atom. The lowest BCUT2D eigenvalue weighted by molar-refractivity contribution is 0.0696. The van der Waals surface area contributed by atoms with Crippen LogP contribution in [0.4, 0.5) is 0 Å². The number of likely N-dealkylation sites (tertiary alicyclic amines) is 1. The topological polar surface area (TPSA) is 92.4 Å². The number of carbonyl (C=O) groups excluding carboxylic acids is 2. The van der Waals surface area contributed by atoms with Crippen LogP contribution in [0.2, 0.25) is 0 Å². The van der Waals surface area contributed by atoms with E-state index in [-0.39, 0.29) is 23.2 Å². The Bertz CT molecular complexity index is 791. The second-order valence-corrected chi connectivity index (χ2v) is 6.57. The maximum Gasteiger partial charge on any atom is 0.274 e. The summed E-state index contributed by atoms with van der Waals surface area (Å²) in [7, 11) is 1.66. The van der Waals surface area contributed by atoms with Gasteiger partial charge in [0.25, 0.3) is 11.8 Å². The third-order valence-electron chi connectivity index (χ3n) is 4.67. The molecular weight excluding hydrogens is 334 g/mol. The fourth-order valence-corrected chi connectivity index (χ4v) is 3.12. The molecule has 0 aliphatic carbocycles. The molecule has 1 fully saturated rings. The van der Waals surface area contributed by atoms with Crippen molar-refractivity contribution in [1.29, 1.82) is 0 Å². The molecule has 0 unspecified atom stereocenters. The van der Waals surface area contributed by atoms with Crippen molar-refractivity contribution in [3.63, 3.8) is 0 Å². The number of amides is 2. The molecule has 0 radical (unpaired) electrons. The van der Waals surface area contributed by atoms with Crippen molar-refractivity contribution in [3.8, 4) is 0 Å². The summed E-state index contributed by atoms with van der Waals surface area (Å²) in [6, 6.07) is 0. The summed E-state index contributed by atoms with van der Waals surface area (Å²) in [4.78, 5) is 37.3. The minimum Gasteiger partial charge on any atom is -0.361 e. The van der Waals surface area contributed by atoms with Crippen molar-refractivity contribution in [3.05, 3.63) is 40.8 Å². The first-order chi connectivity index (χ1) is 12.5. The fourth-order valence-electron chi connectivity index (χ4n) is 3.12. The third-order valence-corrected chi connectivity index (χ3v) is 4.67. The van der Waals surface area contributed by atoms with Crippen molar-refractivity contribution >= 4 is 11.8 Å². The molecule has 8 nitrogen and oxygen atoms in total. The summed E-state index contributed by atoms with van der Waals surface area (Å²) in [5.74, 6) is 0.0938. The molecular formula is C18H23N5O3. The van der Waals surface area contributed by atoms with Crippen LogP contribution in [-0.4, -0.2) is 56.9 Å². The summed E-state index contributed by atoms with van der Waals surface area (Å²) in [6.45, 7) is 5.35. The van der Waals surface area contributed by atoms with Crippen LogP contribution in [-0.2, 0) is 6.54 Å². The van der Waals surface area contributed by atoms with Gasteiger partial charge < -0.3 is 14.3 Å². The monoisotopic (exact) mass is 357 g/mol. The molecule has 2 aromatic rings. The minimum absolute atomic E-state index is 0.0809. The summed E-state index contributed by atoms with van der Waals surface area (Å²) in [5, 5.41) is 3.91. The molecule has 0 N–H and O–H groups in total. The second kappa shape index (κ2) is 7.63. The Morgan fingerprint density at radius 3 is 2.38 bits per heavy atom. The molecule has 0 atom stereocenters. The number of piperidine rings is 1. The van der Waals surface area contributed by atoms with E-state index >= 15 is 0 Å². The van der Waals surface area contributed by atoms with Gasteiger partial charge in [-0.1, -0.05) is 5.16 Å². The molecule has 1 saturated heterocycles. The Labute approximate surface area is 152 Å². The summed E-state index contributed by atoms with van der Waals surface area (Å²) in [6.07, 6.45) is 5.95. The minimum atomic E-state index is -0.349. The van der Waals surface area contributed by atoms with Crippen LogP contribution in [0, 0.1) is 13.8 Å². The van der Waals surface area contributed by atoms with Crippen molar-refractivity contribution in [2.24, 2.45) is 0 Å². The van der Waals surface area contributed by atoms with E-state index < -0.39 is 0 Å². The number of nitrogens with zero attached hydrogens (tertiary/aromatic N) is 5. The summed E-state index contributed by atoms with van der Waals surface area (Å²) in [5.41, 5.74) is 1.79. The van der Waals surface area contributed by atoms with Crippen LogP contribution in [0.1, 0.15) is 57.3 Å². The lowest BCUT2D eigenvalue weighted by Crippen LogP contribution is -2.38. The first-order valence-electron chi connectivity index (χ1n) is 8.76. The first kappa shape index (κ1) is 18.0. The quantitative estimate of drug-likeness (QED) is 0.831. The van der Waals surface area contributed by atoms with Gasteiger partial charge in [-0.3, -0.25) is 9.59 Å². The van der Waals surface area contributed by atoms with E-state index in [0.717, 1.165) is 30.5 Å². The second-order valence-electron chi connectivity index (χ2n) is 6.57. The lowest BCUT2D eigenvalue weighted by Gasteiger charge is -2.27. The van der Waals surface area contributed by atoms with Crippen LogP contribution in [0.5, 0.6) is 0 Å². The van der Waals surface area contributed by atoms with Gasteiger partial charge >= 0.3 is 0 Å². The van der Waals surface area contributed by atoms with E-state index in [2.05, 4.69) is 15.1 Å². The zero-order valence-corrected chi connectivity index (χ0v) is 15.4. The SMILES string of the molecule is Cc1noc(C)c1CN(C)C(=O)c1nccnc1C(=O)N1CCCCC1. The van der Waals surface area contributed by atoms with E-state index in [1.54, 1.807) is 18.9 Å². The number of aromatic nitrogens is 3. The smallest absolute Gasteiger partial charge is 0.274 e. The van der Waals surface area contributed by atoms with Crippen LogP contribution >= 0.6 is 0 Å². The lowest BCUT2D eigenvalue weighted by atomic mass is 10.1. The van der Waals surface area contributed by atoms with E-state index in [9.17, 15) is 9.59 Å². The summed E-state index contributed by atoms with van der Waals surface area (Å²) < 4.78 is 5.15. The Kier molecular flexibility index (Phi) is 5.29. The molecule has 1 aliphatic heterocycles. The number of hydrogen-bond donors (Lipinski definition) is 0. The molecule has 2 aromatic heterocycles. The normalized spacial score (nSPS) is 14.3. The molecule has 3 heterocycles. The zero-order chi connectivity index (χ0) is 18.7. The molecule has 3 rings (SSSR count). The van der Waals surface area contributed by atoms with Gasteiger partial charge in [-0.15, -0.1) is 0 Å². The highest BCUT2D eigenvalue weighted by molar-refractivity contribution is 6.04. The number of aryl methyl sites for hydroxylation is 2. The van der Waals surface area contributed by atoms with Gasteiger partial charge in [0.2, 0.25) is 0 Å². The summed E-state index contributed by atoms with van der Waals surface area (Å²) >= 11 is 0. The predicted molar refractivity (Wildman–Crippen MR) is 93.6 cm³/mol. The Morgan fingerprint density at radius 1 is 1.12 bits per heavy atom. The van der Waals surface area contributed by atoms with Crippen molar-refractivity contribution in [2.45, 2.75) is 39.7 Å². The number of rotatable bonds is 4. The van der Waals surface area contributed by atoms with Crippen molar-refractivity contribution in [1.82, 2.24) is 24.9 Å². The molecule has 2 amide bonds. The molecule has 0 saturated carbocycles. The predicted octanol–water partition coefficient (Wildman–Crippen LogP) is 1.98. The van der Waals surface area contributed by atoms with Crippen molar-refractivity contribution in [2.75, 3.05) is 20.1 Å². The van der Waals surface area contributed by atoms with Crippen LogP contribution in [0.3, 0.4) is 0 Å². The van der Waals surface area contributed by atoms with Gasteiger partial charge in [-0.05, 0) is 33.1 Å². The van der Waals surface area contributed by atoms with E-state index in [1.165, 1.54) is 17.3 Å². The van der Waals surface area contributed by atoms with Gasteiger partial charge in [0, 0.05) is 38.1 Å². The van der Waals surface area contributed by atoms with Crippen LogP contribution in [0.25, 0.3) is 0 Å². The van der Waals surface area contributed by atoms with Crippen LogP contribution in [0.15, 0.2) is 16.9 Å². The Hall–Kier alpha value is -2.77. The van der Waals surface area contributed by atoms with Gasteiger partial charge in [0.15, 0.2) is 11.4 Å². The largest absolute Gasteiger partial charge is 0.361 e.